The summed E-state index contributed by atoms with van der Waals surface area (Å²) in [6.07, 6.45) is 0. The molecule has 0 aliphatic rings. The Morgan fingerprint density at radius 2 is 2.00 bits per heavy atom. The van der Waals surface area contributed by atoms with E-state index in [4.69, 9.17) is 5.26 Å². The van der Waals surface area contributed by atoms with Crippen LogP contribution in [0.1, 0.15) is 6.92 Å². The van der Waals surface area contributed by atoms with Gasteiger partial charge in [-0.15, -0.1) is 0 Å². The number of rotatable bonds is 3. The molecule has 0 bridgehead atoms. The van der Waals surface area contributed by atoms with Crippen LogP contribution in [0.4, 0.5) is 0 Å². The maximum absolute atomic E-state index is 10.9. The lowest BCUT2D eigenvalue weighted by Crippen LogP contribution is -2.41. The van der Waals surface area contributed by atoms with Crippen LogP contribution in [0.25, 0.3) is 0 Å². The Hall–Kier alpha value is -1.08. The summed E-state index contributed by atoms with van der Waals surface area (Å²) in [4.78, 5) is 14.2. The van der Waals surface area contributed by atoms with Crippen molar-refractivity contribution < 1.29 is 4.79 Å². The summed E-state index contributed by atoms with van der Waals surface area (Å²) in [6.45, 7) is 2.03. The van der Waals surface area contributed by atoms with E-state index < -0.39 is 0 Å². The first-order valence-electron chi connectivity index (χ1n) is 3.76. The predicted molar refractivity (Wildman–Crippen MR) is 46.4 cm³/mol. The van der Waals surface area contributed by atoms with Crippen molar-refractivity contribution in [1.82, 2.24) is 9.80 Å². The van der Waals surface area contributed by atoms with Crippen molar-refractivity contribution in [3.05, 3.63) is 0 Å². The Morgan fingerprint density at radius 3 is 2.25 bits per heavy atom. The van der Waals surface area contributed by atoms with Crippen LogP contribution in [-0.2, 0) is 4.79 Å². The highest BCUT2D eigenvalue weighted by molar-refractivity contribution is 5.73. The Kier molecular flexibility index (Phi) is 4.30. The molecule has 0 N–H and O–H groups in total. The summed E-state index contributed by atoms with van der Waals surface area (Å²) in [6, 6.07) is 1.73. The standard InChI is InChI=1S/C8H15N3O/c1-7(12)11(4)8(5-9)6-10(2)3/h8H,6H2,1-4H3. The molecule has 4 nitrogen and oxygen atoms in total. The summed E-state index contributed by atoms with van der Waals surface area (Å²) in [5, 5.41) is 8.72. The van der Waals surface area contributed by atoms with E-state index >= 15 is 0 Å². The molecule has 0 aromatic rings. The van der Waals surface area contributed by atoms with E-state index in [1.165, 1.54) is 11.8 Å². The zero-order chi connectivity index (χ0) is 9.72. The van der Waals surface area contributed by atoms with Crippen molar-refractivity contribution in [2.75, 3.05) is 27.7 Å². The lowest BCUT2D eigenvalue weighted by Gasteiger charge is -2.23. The lowest BCUT2D eigenvalue weighted by molar-refractivity contribution is -0.128. The number of carbonyl (C=O) groups is 1. The van der Waals surface area contributed by atoms with Gasteiger partial charge in [-0.2, -0.15) is 5.26 Å². The minimum absolute atomic E-state index is 0.0802. The number of amides is 1. The maximum atomic E-state index is 10.9. The molecule has 1 amide bonds. The normalized spacial score (nSPS) is 12.3. The molecule has 0 heterocycles. The van der Waals surface area contributed by atoms with Crippen molar-refractivity contribution in [3.8, 4) is 6.07 Å². The van der Waals surface area contributed by atoms with Crippen LogP contribution in [-0.4, -0.2) is 49.4 Å². The zero-order valence-corrected chi connectivity index (χ0v) is 8.03. The molecule has 12 heavy (non-hydrogen) atoms. The van der Waals surface area contributed by atoms with Gasteiger partial charge in [-0.3, -0.25) is 4.79 Å². The SMILES string of the molecule is CC(=O)N(C)C(C#N)CN(C)C. The summed E-state index contributed by atoms with van der Waals surface area (Å²) >= 11 is 0. The molecule has 0 saturated carbocycles. The average molecular weight is 169 g/mol. The van der Waals surface area contributed by atoms with Crippen LogP contribution in [0.15, 0.2) is 0 Å². The number of carbonyl (C=O) groups excluding carboxylic acids is 1. The molecule has 0 aromatic heterocycles. The quantitative estimate of drug-likeness (QED) is 0.593. The number of likely N-dealkylation sites (N-methyl/N-ethyl adjacent to an activating group) is 2. The zero-order valence-electron chi connectivity index (χ0n) is 8.03. The Balaban J connectivity index is 4.17. The molecule has 0 radical (unpaired) electrons. The second kappa shape index (κ2) is 4.73. The smallest absolute Gasteiger partial charge is 0.220 e. The summed E-state index contributed by atoms with van der Waals surface area (Å²) in [5.41, 5.74) is 0. The van der Waals surface area contributed by atoms with Crippen molar-refractivity contribution in [2.24, 2.45) is 0 Å². The molecule has 0 aromatic carbocycles. The van der Waals surface area contributed by atoms with E-state index in [1.54, 1.807) is 7.05 Å². The van der Waals surface area contributed by atoms with Crippen molar-refractivity contribution in [1.29, 1.82) is 5.26 Å². The molecule has 68 valence electrons. The van der Waals surface area contributed by atoms with Gasteiger partial charge in [0.1, 0.15) is 6.04 Å². The highest BCUT2D eigenvalue weighted by Crippen LogP contribution is 1.96. The fraction of sp³-hybridized carbons (Fsp3) is 0.750. The van der Waals surface area contributed by atoms with E-state index in [0.717, 1.165) is 0 Å². The van der Waals surface area contributed by atoms with Crippen molar-refractivity contribution in [3.63, 3.8) is 0 Å². The first-order valence-corrected chi connectivity index (χ1v) is 3.76. The number of hydrogen-bond acceptors (Lipinski definition) is 3. The average Bonchev–Trinajstić information content (AvgIpc) is 1.98. The topological polar surface area (TPSA) is 47.3 Å². The molecule has 0 fully saturated rings. The molecule has 0 spiro atoms. The van der Waals surface area contributed by atoms with Crippen LogP contribution in [0.2, 0.25) is 0 Å². The van der Waals surface area contributed by atoms with Gasteiger partial charge < -0.3 is 9.80 Å². The Morgan fingerprint density at radius 1 is 1.50 bits per heavy atom. The van der Waals surface area contributed by atoms with Gasteiger partial charge in [0.15, 0.2) is 0 Å². The Labute approximate surface area is 73.4 Å². The van der Waals surface area contributed by atoms with Crippen LogP contribution in [0, 0.1) is 11.3 Å². The second-order valence-electron chi connectivity index (χ2n) is 3.04. The minimum Gasteiger partial charge on any atom is -0.329 e. The Bertz CT molecular complexity index is 195. The predicted octanol–water partition coefficient (Wildman–Crippen LogP) is -0.0815. The van der Waals surface area contributed by atoms with Gasteiger partial charge in [0.2, 0.25) is 5.91 Å². The van der Waals surface area contributed by atoms with Crippen LogP contribution < -0.4 is 0 Å². The van der Waals surface area contributed by atoms with Gasteiger partial charge in [-0.25, -0.2) is 0 Å². The van der Waals surface area contributed by atoms with E-state index in [9.17, 15) is 4.79 Å². The van der Waals surface area contributed by atoms with E-state index in [0.29, 0.717) is 6.54 Å². The second-order valence-corrected chi connectivity index (χ2v) is 3.04. The van der Waals surface area contributed by atoms with Gasteiger partial charge >= 0.3 is 0 Å². The minimum atomic E-state index is -0.350. The monoisotopic (exact) mass is 169 g/mol. The summed E-state index contributed by atoms with van der Waals surface area (Å²) in [7, 11) is 5.39. The first kappa shape index (κ1) is 10.9. The van der Waals surface area contributed by atoms with E-state index in [1.807, 2.05) is 19.0 Å². The fourth-order valence-corrected chi connectivity index (χ4v) is 0.815. The van der Waals surface area contributed by atoms with Crippen LogP contribution in [0.5, 0.6) is 0 Å². The van der Waals surface area contributed by atoms with Gasteiger partial charge in [0, 0.05) is 20.5 Å². The molecule has 0 aliphatic heterocycles. The van der Waals surface area contributed by atoms with Crippen LogP contribution >= 0.6 is 0 Å². The largest absolute Gasteiger partial charge is 0.329 e. The number of nitriles is 1. The van der Waals surface area contributed by atoms with Crippen LogP contribution in [0.3, 0.4) is 0 Å². The van der Waals surface area contributed by atoms with Crippen molar-refractivity contribution in [2.45, 2.75) is 13.0 Å². The molecular formula is C8H15N3O. The molecule has 0 aliphatic carbocycles. The molecule has 0 saturated heterocycles. The molecule has 4 heteroatoms. The lowest BCUT2D eigenvalue weighted by atomic mass is 10.3. The molecule has 1 atom stereocenters. The third-order valence-electron chi connectivity index (χ3n) is 1.65. The van der Waals surface area contributed by atoms with Gasteiger partial charge in [-0.1, -0.05) is 0 Å². The van der Waals surface area contributed by atoms with Gasteiger partial charge in [0.05, 0.1) is 6.07 Å². The first-order chi connectivity index (χ1) is 5.49. The summed E-state index contributed by atoms with van der Waals surface area (Å²) in [5.74, 6) is -0.0802. The highest BCUT2D eigenvalue weighted by Gasteiger charge is 2.16. The van der Waals surface area contributed by atoms with Gasteiger partial charge in [-0.05, 0) is 14.1 Å². The molecule has 0 rings (SSSR count). The number of hydrogen-bond donors (Lipinski definition) is 0. The van der Waals surface area contributed by atoms with Gasteiger partial charge in [0.25, 0.3) is 0 Å². The molecule has 1 unspecified atom stereocenters. The van der Waals surface area contributed by atoms with E-state index in [-0.39, 0.29) is 11.9 Å². The molecular weight excluding hydrogens is 154 g/mol. The van der Waals surface area contributed by atoms with Crippen molar-refractivity contribution >= 4 is 5.91 Å². The number of nitrogens with zero attached hydrogens (tertiary/aromatic N) is 3. The third-order valence-corrected chi connectivity index (χ3v) is 1.65. The summed E-state index contributed by atoms with van der Waals surface area (Å²) < 4.78 is 0. The van der Waals surface area contributed by atoms with E-state index in [2.05, 4.69) is 6.07 Å². The maximum Gasteiger partial charge on any atom is 0.220 e. The fourth-order valence-electron chi connectivity index (χ4n) is 0.815. The third kappa shape index (κ3) is 3.35. The highest BCUT2D eigenvalue weighted by atomic mass is 16.2.